The molecule has 0 atom stereocenters. The van der Waals surface area contributed by atoms with Gasteiger partial charge in [-0.15, -0.1) is 0 Å². The lowest BCUT2D eigenvalue weighted by Crippen LogP contribution is -2.16. The molecule has 0 bridgehead atoms. The number of nitriles is 1. The second kappa shape index (κ2) is 7.06. The quantitative estimate of drug-likeness (QED) is 0.658. The van der Waals surface area contributed by atoms with Gasteiger partial charge in [0.25, 0.3) is 6.43 Å². The molecule has 144 valence electrons. The summed E-state index contributed by atoms with van der Waals surface area (Å²) in [4.78, 5) is -1.38. The zero-order chi connectivity index (χ0) is 20.6. The van der Waals surface area contributed by atoms with Gasteiger partial charge in [-0.25, -0.2) is 31.1 Å². The average molecular weight is 411 g/mol. The Morgan fingerprint density at radius 2 is 1.64 bits per heavy atom. The molecule has 0 amide bonds. The first kappa shape index (κ1) is 19.5. The molecule has 0 aliphatic rings. The fraction of sp³-hybridized carbons (Fsp3) is 0.0588. The van der Waals surface area contributed by atoms with Gasteiger partial charge in [0.2, 0.25) is 15.8 Å². The van der Waals surface area contributed by atoms with E-state index in [2.05, 4.69) is 9.68 Å². The second-order valence-corrected chi connectivity index (χ2v) is 7.07. The van der Waals surface area contributed by atoms with Crippen molar-refractivity contribution in [3.8, 4) is 28.5 Å². The van der Waals surface area contributed by atoms with Gasteiger partial charge in [0.1, 0.15) is 17.3 Å². The molecule has 2 aromatic carbocycles. The first-order valence-electron chi connectivity index (χ1n) is 7.44. The molecule has 0 unspecified atom stereocenters. The largest absolute Gasteiger partial charge is 0.354 e. The van der Waals surface area contributed by atoms with E-state index in [9.17, 15) is 26.0 Å². The Kier molecular flexibility index (Phi) is 4.93. The Morgan fingerprint density at radius 1 is 1.07 bits per heavy atom. The molecule has 1 heterocycles. The lowest BCUT2D eigenvalue weighted by Gasteiger charge is -2.08. The Bertz CT molecular complexity index is 1180. The Morgan fingerprint density at radius 3 is 2.11 bits per heavy atom. The molecular formula is C17H9F4N3O3S. The maximum atomic E-state index is 14.2. The zero-order valence-corrected chi connectivity index (χ0v) is 14.5. The van der Waals surface area contributed by atoms with Crippen LogP contribution in [-0.4, -0.2) is 13.6 Å². The van der Waals surface area contributed by atoms with Crippen molar-refractivity contribution in [2.45, 2.75) is 11.3 Å². The number of hydrogen-bond acceptors (Lipinski definition) is 5. The molecule has 1 aromatic heterocycles. The maximum absolute atomic E-state index is 14.2. The summed E-state index contributed by atoms with van der Waals surface area (Å²) in [7, 11) is -4.71. The van der Waals surface area contributed by atoms with E-state index in [-0.39, 0.29) is 16.8 Å². The molecule has 6 nitrogen and oxygen atoms in total. The normalized spacial score (nSPS) is 11.6. The van der Waals surface area contributed by atoms with Crippen LogP contribution in [0.15, 0.2) is 45.8 Å². The van der Waals surface area contributed by atoms with Crippen LogP contribution in [0.2, 0.25) is 0 Å². The van der Waals surface area contributed by atoms with E-state index in [1.165, 1.54) is 24.3 Å². The lowest BCUT2D eigenvalue weighted by molar-refractivity contribution is 0.113. The Hall–Kier alpha value is -3.23. The molecule has 0 aliphatic carbocycles. The molecule has 0 saturated heterocycles. The number of alkyl halides is 2. The molecule has 0 spiro atoms. The number of nitrogens with zero attached hydrogens (tertiary/aromatic N) is 2. The highest BCUT2D eigenvalue weighted by Gasteiger charge is 2.29. The topological polar surface area (TPSA) is 110 Å². The van der Waals surface area contributed by atoms with Crippen molar-refractivity contribution in [3.63, 3.8) is 0 Å². The first-order valence-corrected chi connectivity index (χ1v) is 8.98. The van der Waals surface area contributed by atoms with Crippen molar-refractivity contribution < 1.29 is 30.5 Å². The minimum Gasteiger partial charge on any atom is -0.354 e. The zero-order valence-electron chi connectivity index (χ0n) is 13.7. The molecule has 0 aliphatic heterocycles. The highest BCUT2D eigenvalue weighted by Crippen LogP contribution is 2.40. The summed E-state index contributed by atoms with van der Waals surface area (Å²) in [6, 6.07) is 8.54. The molecule has 2 N–H and O–H groups in total. The monoisotopic (exact) mass is 411 g/mol. The lowest BCUT2D eigenvalue weighted by atomic mass is 9.98. The van der Waals surface area contributed by atoms with E-state index in [4.69, 9.17) is 10.4 Å². The number of hydrogen-bond donors (Lipinski definition) is 1. The average Bonchev–Trinajstić information content (AvgIpc) is 3.05. The molecule has 28 heavy (non-hydrogen) atoms. The Balaban J connectivity index is 2.26. The van der Waals surface area contributed by atoms with Crippen LogP contribution in [0.5, 0.6) is 0 Å². The molecule has 0 saturated carbocycles. The van der Waals surface area contributed by atoms with Crippen LogP contribution in [0.25, 0.3) is 22.4 Å². The van der Waals surface area contributed by atoms with Crippen LogP contribution >= 0.6 is 0 Å². The van der Waals surface area contributed by atoms with Gasteiger partial charge in [0.15, 0.2) is 4.90 Å². The summed E-state index contributed by atoms with van der Waals surface area (Å²) in [5.74, 6) is -4.06. The third-order valence-corrected chi connectivity index (χ3v) is 4.73. The highest BCUT2D eigenvalue weighted by molar-refractivity contribution is 7.89. The van der Waals surface area contributed by atoms with E-state index in [1.54, 1.807) is 0 Å². The number of rotatable bonds is 4. The van der Waals surface area contributed by atoms with E-state index in [0.717, 1.165) is 0 Å². The summed E-state index contributed by atoms with van der Waals surface area (Å²) >= 11 is 0. The van der Waals surface area contributed by atoms with Gasteiger partial charge in [-0.05, 0) is 29.8 Å². The van der Waals surface area contributed by atoms with E-state index >= 15 is 0 Å². The number of aromatic nitrogens is 1. The van der Waals surface area contributed by atoms with Crippen molar-refractivity contribution >= 4 is 10.0 Å². The van der Waals surface area contributed by atoms with Crippen LogP contribution in [0.3, 0.4) is 0 Å². The van der Waals surface area contributed by atoms with Crippen LogP contribution in [0.4, 0.5) is 17.6 Å². The van der Waals surface area contributed by atoms with Gasteiger partial charge in [0, 0.05) is 5.56 Å². The molecule has 0 fully saturated rings. The van der Waals surface area contributed by atoms with Crippen LogP contribution < -0.4 is 5.14 Å². The van der Waals surface area contributed by atoms with E-state index < -0.39 is 49.9 Å². The minimum absolute atomic E-state index is 0.165. The summed E-state index contributed by atoms with van der Waals surface area (Å²) < 4.78 is 82.4. The van der Waals surface area contributed by atoms with E-state index in [1.807, 2.05) is 6.07 Å². The van der Waals surface area contributed by atoms with Crippen molar-refractivity contribution in [1.82, 2.24) is 5.16 Å². The van der Waals surface area contributed by atoms with Gasteiger partial charge >= 0.3 is 0 Å². The molecule has 0 radical (unpaired) electrons. The molecular weight excluding hydrogens is 402 g/mol. The molecule has 3 aromatic rings. The van der Waals surface area contributed by atoms with Gasteiger partial charge < -0.3 is 4.52 Å². The number of primary sulfonamides is 1. The minimum atomic E-state index is -4.71. The standard InChI is InChI=1S/C17H9F4N3O3S/c18-11-5-10(6-12(19)16(11)28(23,25)26)13-14(24-27-15(13)17(20)21)9-3-1-8(7-22)2-4-9/h1-6,17H,(H2,23,25,26). The summed E-state index contributed by atoms with van der Waals surface area (Å²) in [5, 5.41) is 17.1. The number of benzene rings is 2. The Labute approximate surface area is 155 Å². The fourth-order valence-electron chi connectivity index (χ4n) is 2.61. The predicted molar refractivity (Wildman–Crippen MR) is 88.3 cm³/mol. The number of sulfonamides is 1. The van der Waals surface area contributed by atoms with Crippen LogP contribution in [0.1, 0.15) is 17.7 Å². The third-order valence-electron chi connectivity index (χ3n) is 3.78. The number of nitrogens with two attached hydrogens (primary N) is 1. The second-order valence-electron chi connectivity index (χ2n) is 5.57. The van der Waals surface area contributed by atoms with Crippen molar-refractivity contribution in [2.75, 3.05) is 0 Å². The SMILES string of the molecule is N#Cc1ccc(-c2noc(C(F)F)c2-c2cc(F)c(S(N)(=O)=O)c(F)c2)cc1. The van der Waals surface area contributed by atoms with Gasteiger partial charge in [0.05, 0.1) is 17.2 Å². The van der Waals surface area contributed by atoms with Crippen LogP contribution in [-0.2, 0) is 10.0 Å². The molecule has 11 heteroatoms. The fourth-order valence-corrected chi connectivity index (χ4v) is 3.27. The number of halogens is 4. The third kappa shape index (κ3) is 3.47. The summed E-state index contributed by atoms with van der Waals surface area (Å²) in [6.07, 6.45) is -3.17. The van der Waals surface area contributed by atoms with Gasteiger partial charge in [-0.1, -0.05) is 17.3 Å². The van der Waals surface area contributed by atoms with Crippen LogP contribution in [0, 0.1) is 23.0 Å². The predicted octanol–water partition coefficient (Wildman–Crippen LogP) is 3.74. The summed E-state index contributed by atoms with van der Waals surface area (Å²) in [5.41, 5.74) is -0.475. The van der Waals surface area contributed by atoms with Gasteiger partial charge in [-0.2, -0.15) is 5.26 Å². The highest BCUT2D eigenvalue weighted by atomic mass is 32.2. The van der Waals surface area contributed by atoms with Crippen molar-refractivity contribution in [1.29, 1.82) is 5.26 Å². The smallest absolute Gasteiger partial charge is 0.298 e. The molecule has 3 rings (SSSR count). The van der Waals surface area contributed by atoms with Crippen molar-refractivity contribution in [3.05, 3.63) is 59.4 Å². The van der Waals surface area contributed by atoms with E-state index in [0.29, 0.717) is 12.1 Å². The maximum Gasteiger partial charge on any atom is 0.298 e. The first-order chi connectivity index (χ1) is 13.1. The van der Waals surface area contributed by atoms with Crippen molar-refractivity contribution in [2.24, 2.45) is 5.14 Å². The van der Waals surface area contributed by atoms with Gasteiger partial charge in [-0.3, -0.25) is 0 Å². The summed E-state index contributed by atoms with van der Waals surface area (Å²) in [6.45, 7) is 0.